The molecule has 0 radical (unpaired) electrons. The van der Waals surface area contributed by atoms with Gasteiger partial charge < -0.3 is 10.4 Å². The maximum atomic E-state index is 12.1. The van der Waals surface area contributed by atoms with Gasteiger partial charge in [0.25, 0.3) is 5.91 Å². The lowest BCUT2D eigenvalue weighted by molar-refractivity contribution is 0.103. The summed E-state index contributed by atoms with van der Waals surface area (Å²) >= 11 is 1.07. The van der Waals surface area contributed by atoms with Crippen LogP contribution in [0.1, 0.15) is 32.9 Å². The third-order valence-corrected chi connectivity index (χ3v) is 3.49. The average molecular weight is 301 g/mol. The van der Waals surface area contributed by atoms with Crippen LogP contribution in [0.4, 0.5) is 5.69 Å². The first-order valence-electron chi connectivity index (χ1n) is 6.42. The van der Waals surface area contributed by atoms with E-state index < -0.39 is 0 Å². The summed E-state index contributed by atoms with van der Waals surface area (Å²) in [6, 6.07) is 5.61. The highest BCUT2D eigenvalue weighted by Crippen LogP contribution is 2.17. The summed E-state index contributed by atoms with van der Waals surface area (Å²) in [6.07, 6.45) is 0.432. The smallest absolute Gasteiger partial charge is 0.269 e. The summed E-state index contributed by atoms with van der Waals surface area (Å²) in [6.45, 7) is 3.73. The molecule has 6 heteroatoms. The molecule has 0 aliphatic carbocycles. The monoisotopic (exact) mass is 301 g/mol. The van der Waals surface area contributed by atoms with Crippen LogP contribution < -0.4 is 5.32 Å². The van der Waals surface area contributed by atoms with Gasteiger partial charge in [-0.3, -0.25) is 4.79 Å². The van der Waals surface area contributed by atoms with Gasteiger partial charge in [0, 0.05) is 17.7 Å². The quantitative estimate of drug-likeness (QED) is 0.852. The van der Waals surface area contributed by atoms with E-state index in [-0.39, 0.29) is 12.5 Å². The number of hydrogen-bond donors (Lipinski definition) is 2. The summed E-state index contributed by atoms with van der Waals surface area (Å²) in [5.41, 5.74) is 3.10. The molecule has 108 valence electrons. The Balaban J connectivity index is 2.19. The van der Waals surface area contributed by atoms with Crippen molar-refractivity contribution in [2.24, 2.45) is 0 Å². The number of aromatic nitrogens is 2. The number of aliphatic hydroxyl groups is 1. The van der Waals surface area contributed by atoms with Crippen LogP contribution >= 0.6 is 11.5 Å². The van der Waals surface area contributed by atoms with Gasteiger partial charge in [0.1, 0.15) is 4.88 Å². The van der Waals surface area contributed by atoms with Crippen molar-refractivity contribution >= 4 is 23.1 Å². The molecule has 0 aliphatic rings. The van der Waals surface area contributed by atoms with Crippen LogP contribution in [0.15, 0.2) is 18.2 Å². The number of nitrogens with zero attached hydrogens (tertiary/aromatic N) is 2. The third kappa shape index (κ3) is 4.12. The van der Waals surface area contributed by atoms with Gasteiger partial charge >= 0.3 is 0 Å². The van der Waals surface area contributed by atoms with Gasteiger partial charge in [0.15, 0.2) is 0 Å². The van der Waals surface area contributed by atoms with Crippen molar-refractivity contribution in [2.75, 3.05) is 11.9 Å². The fraction of sp³-hybridized carbons (Fsp3) is 0.267. The standard InChI is InChI=1S/C15H15N3O2S/c1-10-7-12(5-3-4-6-19)9-13(8-10)16-15(20)14-11(2)17-18-21-14/h7-9,19H,4,6H2,1-2H3,(H,16,20). The first-order chi connectivity index (χ1) is 10.1. The van der Waals surface area contributed by atoms with E-state index in [1.54, 1.807) is 13.0 Å². The van der Waals surface area contributed by atoms with Crippen LogP contribution in [0, 0.1) is 25.7 Å². The van der Waals surface area contributed by atoms with Gasteiger partial charge in [0.2, 0.25) is 0 Å². The minimum Gasteiger partial charge on any atom is -0.395 e. The highest BCUT2D eigenvalue weighted by atomic mass is 32.1. The first-order valence-corrected chi connectivity index (χ1v) is 7.19. The highest BCUT2D eigenvalue weighted by molar-refractivity contribution is 7.08. The molecule has 1 aromatic heterocycles. The number of rotatable bonds is 3. The predicted molar refractivity (Wildman–Crippen MR) is 82.4 cm³/mol. The Hall–Kier alpha value is -2.23. The zero-order chi connectivity index (χ0) is 15.2. The normalized spacial score (nSPS) is 9.86. The van der Waals surface area contributed by atoms with Gasteiger partial charge in [-0.05, 0) is 49.1 Å². The molecule has 21 heavy (non-hydrogen) atoms. The van der Waals surface area contributed by atoms with Gasteiger partial charge in [0.05, 0.1) is 12.3 Å². The molecule has 1 aromatic carbocycles. The molecule has 2 N–H and O–H groups in total. The van der Waals surface area contributed by atoms with E-state index in [0.29, 0.717) is 22.7 Å². The molecular formula is C15H15N3O2S. The fourth-order valence-electron chi connectivity index (χ4n) is 1.78. The Kier molecular flexibility index (Phi) is 5.04. The van der Waals surface area contributed by atoms with Crippen LogP contribution in [0.3, 0.4) is 0 Å². The fourth-order valence-corrected chi connectivity index (χ4v) is 2.33. The first kappa shape index (κ1) is 15.2. The number of hydrogen-bond acceptors (Lipinski definition) is 5. The number of carbonyl (C=O) groups excluding carboxylic acids is 1. The predicted octanol–water partition coefficient (Wildman–Crippen LogP) is 2.14. The van der Waals surface area contributed by atoms with E-state index in [9.17, 15) is 4.79 Å². The zero-order valence-corrected chi connectivity index (χ0v) is 12.6. The molecule has 2 rings (SSSR count). The molecule has 1 heterocycles. The van der Waals surface area contributed by atoms with Crippen molar-refractivity contribution in [2.45, 2.75) is 20.3 Å². The number of anilines is 1. The second-order valence-corrected chi connectivity index (χ2v) is 5.26. The van der Waals surface area contributed by atoms with E-state index in [4.69, 9.17) is 5.11 Å². The van der Waals surface area contributed by atoms with Gasteiger partial charge in [-0.1, -0.05) is 16.3 Å². The molecule has 0 fully saturated rings. The lowest BCUT2D eigenvalue weighted by atomic mass is 10.1. The summed E-state index contributed by atoms with van der Waals surface area (Å²) < 4.78 is 3.75. The number of aliphatic hydroxyl groups excluding tert-OH is 1. The Bertz CT molecular complexity index is 713. The van der Waals surface area contributed by atoms with Crippen LogP contribution in [-0.2, 0) is 0 Å². The van der Waals surface area contributed by atoms with E-state index in [2.05, 4.69) is 26.7 Å². The van der Waals surface area contributed by atoms with Crippen molar-refractivity contribution in [3.63, 3.8) is 0 Å². The third-order valence-electron chi connectivity index (χ3n) is 2.66. The Morgan fingerprint density at radius 1 is 1.38 bits per heavy atom. The van der Waals surface area contributed by atoms with Crippen molar-refractivity contribution in [3.05, 3.63) is 39.9 Å². The van der Waals surface area contributed by atoms with E-state index in [1.807, 2.05) is 19.1 Å². The minimum absolute atomic E-state index is 0.0417. The number of amides is 1. The van der Waals surface area contributed by atoms with E-state index in [0.717, 1.165) is 22.7 Å². The van der Waals surface area contributed by atoms with Gasteiger partial charge in [-0.25, -0.2) is 0 Å². The van der Waals surface area contributed by atoms with Crippen molar-refractivity contribution in [3.8, 4) is 11.8 Å². The maximum absolute atomic E-state index is 12.1. The molecule has 0 saturated carbocycles. The summed E-state index contributed by atoms with van der Waals surface area (Å²) in [5, 5.41) is 15.4. The summed E-state index contributed by atoms with van der Waals surface area (Å²) in [7, 11) is 0. The molecule has 0 spiro atoms. The molecule has 1 amide bonds. The van der Waals surface area contributed by atoms with Crippen molar-refractivity contribution in [1.29, 1.82) is 0 Å². The molecule has 0 aliphatic heterocycles. The largest absolute Gasteiger partial charge is 0.395 e. The molecule has 0 atom stereocenters. The van der Waals surface area contributed by atoms with Crippen molar-refractivity contribution < 1.29 is 9.90 Å². The van der Waals surface area contributed by atoms with E-state index >= 15 is 0 Å². The summed E-state index contributed by atoms with van der Waals surface area (Å²) in [4.78, 5) is 12.6. The van der Waals surface area contributed by atoms with Gasteiger partial charge in [-0.2, -0.15) is 0 Å². The SMILES string of the molecule is Cc1cc(C#CCCO)cc(NC(=O)c2snnc2C)c1. The van der Waals surface area contributed by atoms with Crippen LogP contribution in [0.2, 0.25) is 0 Å². The number of carbonyl (C=O) groups is 1. The molecule has 5 nitrogen and oxygen atoms in total. The molecule has 0 saturated heterocycles. The number of aryl methyl sites for hydroxylation is 2. The summed E-state index contributed by atoms with van der Waals surface area (Å²) in [5.74, 6) is 5.61. The Labute approximate surface area is 127 Å². The Morgan fingerprint density at radius 2 is 2.19 bits per heavy atom. The topological polar surface area (TPSA) is 75.1 Å². The van der Waals surface area contributed by atoms with E-state index in [1.165, 1.54) is 0 Å². The maximum Gasteiger partial charge on any atom is 0.269 e. The second-order valence-electron chi connectivity index (χ2n) is 4.50. The average Bonchev–Trinajstić information content (AvgIpc) is 2.85. The minimum atomic E-state index is -0.220. The van der Waals surface area contributed by atoms with Crippen LogP contribution in [0.5, 0.6) is 0 Å². The lowest BCUT2D eigenvalue weighted by Crippen LogP contribution is -2.11. The zero-order valence-electron chi connectivity index (χ0n) is 11.8. The van der Waals surface area contributed by atoms with Crippen LogP contribution in [0.25, 0.3) is 0 Å². The molecule has 2 aromatic rings. The second kappa shape index (κ2) is 6.97. The highest BCUT2D eigenvalue weighted by Gasteiger charge is 2.13. The van der Waals surface area contributed by atoms with Crippen LogP contribution in [-0.4, -0.2) is 27.2 Å². The van der Waals surface area contributed by atoms with Crippen molar-refractivity contribution in [1.82, 2.24) is 9.59 Å². The molecule has 0 unspecified atom stereocenters. The van der Waals surface area contributed by atoms with Gasteiger partial charge in [-0.15, -0.1) is 5.10 Å². The molecular weight excluding hydrogens is 286 g/mol. The lowest BCUT2D eigenvalue weighted by Gasteiger charge is -2.06. The molecule has 0 bridgehead atoms. The Morgan fingerprint density at radius 3 is 2.86 bits per heavy atom. The number of benzene rings is 1. The number of nitrogens with one attached hydrogen (secondary N) is 1.